The summed E-state index contributed by atoms with van der Waals surface area (Å²) in [5.74, 6) is 1.07. The van der Waals surface area contributed by atoms with Crippen molar-refractivity contribution in [2.24, 2.45) is 5.14 Å². The first-order chi connectivity index (χ1) is 14.2. The summed E-state index contributed by atoms with van der Waals surface area (Å²) in [5, 5.41) is 5.51. The molecule has 3 rings (SSSR count). The molecule has 0 amide bonds. The van der Waals surface area contributed by atoms with E-state index in [1.165, 1.54) is 27.4 Å². The van der Waals surface area contributed by atoms with Gasteiger partial charge in [-0.25, -0.2) is 18.5 Å². The summed E-state index contributed by atoms with van der Waals surface area (Å²) in [6.07, 6.45) is 0. The van der Waals surface area contributed by atoms with E-state index in [2.05, 4.69) is 9.97 Å². The number of rotatable bonds is 7. The first-order valence-corrected chi connectivity index (χ1v) is 10.3. The van der Waals surface area contributed by atoms with Gasteiger partial charge in [-0.15, -0.1) is 0 Å². The Morgan fingerprint density at radius 2 is 1.77 bits per heavy atom. The predicted molar refractivity (Wildman–Crippen MR) is 112 cm³/mol. The van der Waals surface area contributed by atoms with Gasteiger partial charge in [-0.2, -0.15) is 0 Å². The van der Waals surface area contributed by atoms with Crippen molar-refractivity contribution in [3.05, 3.63) is 46.2 Å². The van der Waals surface area contributed by atoms with E-state index >= 15 is 0 Å². The second-order valence-electron chi connectivity index (χ2n) is 6.44. The number of primary sulfonamides is 1. The molecule has 11 heteroatoms. The van der Waals surface area contributed by atoms with Crippen LogP contribution in [0.15, 0.2) is 40.0 Å². The standard InChI is InChI=1S/C19H22N4O6S/c1-23(10-11-7-5-6-8-14(11)30(20,25)26)19-21-12-9-13(27-2)16(28-3)17(29-4)15(12)18(24)22-19/h5-9H,10H2,1-4H3,(H2,20,25,26)(H,21,22,24). The highest BCUT2D eigenvalue weighted by molar-refractivity contribution is 7.89. The average Bonchev–Trinajstić information content (AvgIpc) is 2.71. The van der Waals surface area contributed by atoms with Crippen LogP contribution >= 0.6 is 0 Å². The fraction of sp³-hybridized carbons (Fsp3) is 0.263. The second-order valence-corrected chi connectivity index (χ2v) is 7.97. The molecule has 2 aromatic carbocycles. The van der Waals surface area contributed by atoms with Crippen LogP contribution in [0.1, 0.15) is 5.56 Å². The van der Waals surface area contributed by atoms with Crippen molar-refractivity contribution >= 4 is 26.9 Å². The first kappa shape index (κ1) is 21.4. The Morgan fingerprint density at radius 3 is 2.37 bits per heavy atom. The third-order valence-electron chi connectivity index (χ3n) is 4.54. The lowest BCUT2D eigenvalue weighted by Gasteiger charge is -2.20. The number of aromatic nitrogens is 2. The highest BCUT2D eigenvalue weighted by Gasteiger charge is 2.21. The van der Waals surface area contributed by atoms with E-state index in [0.29, 0.717) is 16.8 Å². The van der Waals surface area contributed by atoms with Crippen LogP contribution in [0.25, 0.3) is 10.9 Å². The SMILES string of the molecule is COc1cc2nc(N(C)Cc3ccccc3S(N)(=O)=O)[nH]c(=O)c2c(OC)c1OC. The van der Waals surface area contributed by atoms with Gasteiger partial charge in [0.1, 0.15) is 5.39 Å². The maximum atomic E-state index is 12.8. The zero-order valence-corrected chi connectivity index (χ0v) is 17.7. The number of ether oxygens (including phenoxy) is 3. The van der Waals surface area contributed by atoms with Gasteiger partial charge in [0.15, 0.2) is 11.5 Å². The Balaban J connectivity index is 2.11. The predicted octanol–water partition coefficient (Wildman–Crippen LogP) is 1.23. The van der Waals surface area contributed by atoms with E-state index < -0.39 is 15.6 Å². The van der Waals surface area contributed by atoms with Crippen LogP contribution in [0, 0.1) is 0 Å². The minimum absolute atomic E-state index is 0.00746. The third kappa shape index (κ3) is 3.89. The lowest BCUT2D eigenvalue weighted by Crippen LogP contribution is -2.25. The number of sulfonamides is 1. The van der Waals surface area contributed by atoms with Gasteiger partial charge in [0.2, 0.25) is 21.7 Å². The quantitative estimate of drug-likeness (QED) is 0.567. The summed E-state index contributed by atoms with van der Waals surface area (Å²) in [6.45, 7) is 0.144. The summed E-state index contributed by atoms with van der Waals surface area (Å²) < 4.78 is 39.7. The Kier molecular flexibility index (Phi) is 5.85. The zero-order chi connectivity index (χ0) is 22.1. The summed E-state index contributed by atoms with van der Waals surface area (Å²) in [7, 11) is 2.10. The number of nitrogens with two attached hydrogens (primary N) is 1. The van der Waals surface area contributed by atoms with E-state index in [1.807, 2.05) is 0 Å². The number of nitrogens with one attached hydrogen (secondary N) is 1. The average molecular weight is 434 g/mol. The number of H-pyrrole nitrogens is 1. The van der Waals surface area contributed by atoms with Gasteiger partial charge in [0.05, 0.1) is 31.7 Å². The van der Waals surface area contributed by atoms with E-state index in [-0.39, 0.29) is 34.3 Å². The van der Waals surface area contributed by atoms with Crippen LogP contribution in [0.3, 0.4) is 0 Å². The highest BCUT2D eigenvalue weighted by atomic mass is 32.2. The topological polar surface area (TPSA) is 137 Å². The van der Waals surface area contributed by atoms with Crippen LogP contribution in [-0.4, -0.2) is 46.8 Å². The van der Waals surface area contributed by atoms with Gasteiger partial charge in [-0.3, -0.25) is 9.78 Å². The van der Waals surface area contributed by atoms with Crippen LogP contribution < -0.4 is 29.8 Å². The van der Waals surface area contributed by atoms with Crippen molar-refractivity contribution in [2.75, 3.05) is 33.3 Å². The molecule has 10 nitrogen and oxygen atoms in total. The van der Waals surface area contributed by atoms with E-state index in [0.717, 1.165) is 0 Å². The Hall–Kier alpha value is -3.31. The molecule has 0 bridgehead atoms. The normalized spacial score (nSPS) is 11.4. The molecule has 0 radical (unpaired) electrons. The zero-order valence-electron chi connectivity index (χ0n) is 16.9. The second kappa shape index (κ2) is 8.20. The molecule has 0 aliphatic carbocycles. The van der Waals surface area contributed by atoms with Crippen molar-refractivity contribution in [3.63, 3.8) is 0 Å². The molecule has 0 atom stereocenters. The molecule has 0 unspecified atom stereocenters. The molecular weight excluding hydrogens is 412 g/mol. The lowest BCUT2D eigenvalue weighted by molar-refractivity contribution is 0.327. The fourth-order valence-electron chi connectivity index (χ4n) is 3.18. The minimum Gasteiger partial charge on any atom is -0.493 e. The number of aromatic amines is 1. The van der Waals surface area contributed by atoms with Crippen LogP contribution in [0.5, 0.6) is 17.2 Å². The molecule has 0 spiro atoms. The summed E-state index contributed by atoms with van der Waals surface area (Å²) in [5.41, 5.74) is 0.351. The number of methoxy groups -OCH3 is 3. The molecule has 160 valence electrons. The summed E-state index contributed by atoms with van der Waals surface area (Å²) in [4.78, 5) is 21.6. The number of nitrogens with zero attached hydrogens (tertiary/aromatic N) is 2. The molecule has 3 N–H and O–H groups in total. The molecular formula is C19H22N4O6S. The van der Waals surface area contributed by atoms with Gasteiger partial charge >= 0.3 is 0 Å². The number of anilines is 1. The lowest BCUT2D eigenvalue weighted by atomic mass is 10.2. The Labute approximate surface area is 173 Å². The van der Waals surface area contributed by atoms with Gasteiger partial charge in [0, 0.05) is 19.7 Å². The summed E-state index contributed by atoms with van der Waals surface area (Å²) in [6, 6.07) is 7.94. The van der Waals surface area contributed by atoms with Gasteiger partial charge in [-0.05, 0) is 11.6 Å². The number of benzene rings is 2. The molecule has 30 heavy (non-hydrogen) atoms. The molecule has 0 aliphatic rings. The largest absolute Gasteiger partial charge is 0.493 e. The number of hydrogen-bond acceptors (Lipinski definition) is 8. The van der Waals surface area contributed by atoms with Crippen molar-refractivity contribution in [1.29, 1.82) is 0 Å². The van der Waals surface area contributed by atoms with E-state index in [1.54, 1.807) is 36.2 Å². The van der Waals surface area contributed by atoms with Gasteiger partial charge < -0.3 is 19.1 Å². The molecule has 3 aromatic rings. The monoisotopic (exact) mass is 434 g/mol. The van der Waals surface area contributed by atoms with Crippen molar-refractivity contribution in [1.82, 2.24) is 9.97 Å². The van der Waals surface area contributed by atoms with E-state index in [4.69, 9.17) is 19.3 Å². The summed E-state index contributed by atoms with van der Waals surface area (Å²) >= 11 is 0. The van der Waals surface area contributed by atoms with Crippen LogP contribution in [0.4, 0.5) is 5.95 Å². The first-order valence-electron chi connectivity index (χ1n) is 8.76. The third-order valence-corrected chi connectivity index (χ3v) is 5.55. The molecule has 1 aromatic heterocycles. The molecule has 0 saturated heterocycles. The molecule has 0 aliphatic heterocycles. The molecule has 0 saturated carbocycles. The van der Waals surface area contributed by atoms with Crippen molar-refractivity contribution in [2.45, 2.75) is 11.4 Å². The van der Waals surface area contributed by atoms with Crippen molar-refractivity contribution in [3.8, 4) is 17.2 Å². The maximum Gasteiger partial charge on any atom is 0.264 e. The number of hydrogen-bond donors (Lipinski definition) is 2. The van der Waals surface area contributed by atoms with Gasteiger partial charge in [-0.1, -0.05) is 18.2 Å². The maximum absolute atomic E-state index is 12.8. The Morgan fingerprint density at radius 1 is 1.10 bits per heavy atom. The van der Waals surface area contributed by atoms with Crippen molar-refractivity contribution < 1.29 is 22.6 Å². The highest BCUT2D eigenvalue weighted by Crippen LogP contribution is 2.41. The smallest absolute Gasteiger partial charge is 0.264 e. The van der Waals surface area contributed by atoms with E-state index in [9.17, 15) is 13.2 Å². The Bertz CT molecular complexity index is 1260. The molecule has 1 heterocycles. The van der Waals surface area contributed by atoms with Gasteiger partial charge in [0.25, 0.3) is 5.56 Å². The number of fused-ring (bicyclic) bond motifs is 1. The van der Waals surface area contributed by atoms with Crippen LogP contribution in [0.2, 0.25) is 0 Å². The molecule has 0 fully saturated rings. The minimum atomic E-state index is -3.90. The van der Waals surface area contributed by atoms with Crippen LogP contribution in [-0.2, 0) is 16.6 Å². The fourth-order valence-corrected chi connectivity index (χ4v) is 3.95.